The van der Waals surface area contributed by atoms with Crippen LogP contribution in [-0.2, 0) is 10.0 Å². The highest BCUT2D eigenvalue weighted by Crippen LogP contribution is 2.20. The van der Waals surface area contributed by atoms with Gasteiger partial charge in [0.05, 0.1) is 4.90 Å². The number of nitrogens with two attached hydrogens (primary N) is 1. The maximum Gasteiger partial charge on any atom is 0.261 e. The van der Waals surface area contributed by atoms with Gasteiger partial charge in [0.2, 0.25) is 0 Å². The quantitative estimate of drug-likeness (QED) is 0.847. The van der Waals surface area contributed by atoms with E-state index in [2.05, 4.69) is 4.72 Å². The first-order valence-electron chi connectivity index (χ1n) is 5.84. The molecule has 0 aliphatic heterocycles. The number of nitrogen functional groups attached to an aromatic ring is 1. The van der Waals surface area contributed by atoms with E-state index in [9.17, 15) is 8.42 Å². The van der Waals surface area contributed by atoms with Gasteiger partial charge in [0.1, 0.15) is 0 Å². The van der Waals surface area contributed by atoms with Gasteiger partial charge in [-0.15, -0.1) is 0 Å². The number of sulfonamides is 1. The number of hydrogen-bond donors (Lipinski definition) is 2. The second kappa shape index (κ2) is 4.93. The van der Waals surface area contributed by atoms with Gasteiger partial charge in [-0.2, -0.15) is 0 Å². The maximum absolute atomic E-state index is 12.2. The third kappa shape index (κ3) is 3.06. The Balaban J connectivity index is 2.35. The van der Waals surface area contributed by atoms with Gasteiger partial charge in [0.25, 0.3) is 10.0 Å². The Morgan fingerprint density at radius 3 is 2.42 bits per heavy atom. The first kappa shape index (κ1) is 13.4. The second-order valence-corrected chi connectivity index (χ2v) is 6.18. The van der Waals surface area contributed by atoms with Crippen molar-refractivity contribution < 1.29 is 8.42 Å². The lowest BCUT2D eigenvalue weighted by molar-refractivity contribution is 0.601. The molecule has 0 aliphatic carbocycles. The SMILES string of the molecule is Cc1cccc(NS(=O)(=O)c2ccc(N)c(C)c2)c1. The summed E-state index contributed by atoms with van der Waals surface area (Å²) in [7, 11) is -3.57. The van der Waals surface area contributed by atoms with E-state index < -0.39 is 10.0 Å². The molecule has 0 saturated carbocycles. The Kier molecular flexibility index (Phi) is 3.48. The minimum absolute atomic E-state index is 0.209. The van der Waals surface area contributed by atoms with E-state index in [0.717, 1.165) is 11.1 Å². The van der Waals surface area contributed by atoms with Crippen molar-refractivity contribution in [3.05, 3.63) is 53.6 Å². The van der Waals surface area contributed by atoms with Gasteiger partial charge in [-0.3, -0.25) is 4.72 Å². The number of benzene rings is 2. The molecule has 2 rings (SSSR count). The number of rotatable bonds is 3. The Bertz CT molecular complexity index is 709. The summed E-state index contributed by atoms with van der Waals surface area (Å²) >= 11 is 0. The molecule has 0 aromatic heterocycles. The van der Waals surface area contributed by atoms with E-state index in [1.807, 2.05) is 13.0 Å². The number of nitrogens with one attached hydrogen (secondary N) is 1. The van der Waals surface area contributed by atoms with E-state index in [0.29, 0.717) is 11.4 Å². The average molecular weight is 276 g/mol. The Morgan fingerprint density at radius 2 is 1.79 bits per heavy atom. The monoisotopic (exact) mass is 276 g/mol. The van der Waals surface area contributed by atoms with E-state index in [-0.39, 0.29) is 4.90 Å². The number of hydrogen-bond acceptors (Lipinski definition) is 3. The van der Waals surface area contributed by atoms with Crippen LogP contribution in [0.2, 0.25) is 0 Å². The van der Waals surface area contributed by atoms with Crippen LogP contribution in [0.5, 0.6) is 0 Å². The molecule has 19 heavy (non-hydrogen) atoms. The van der Waals surface area contributed by atoms with Crippen LogP contribution in [0.4, 0.5) is 11.4 Å². The molecular formula is C14H16N2O2S. The van der Waals surface area contributed by atoms with Gasteiger partial charge >= 0.3 is 0 Å². The third-order valence-electron chi connectivity index (χ3n) is 2.82. The average Bonchev–Trinajstić information content (AvgIpc) is 2.32. The summed E-state index contributed by atoms with van der Waals surface area (Å²) in [6, 6.07) is 11.9. The van der Waals surface area contributed by atoms with Crippen LogP contribution < -0.4 is 10.5 Å². The molecule has 0 aliphatic rings. The summed E-state index contributed by atoms with van der Waals surface area (Å²) in [5.74, 6) is 0. The topological polar surface area (TPSA) is 72.2 Å². The van der Waals surface area contributed by atoms with Crippen molar-refractivity contribution in [3.8, 4) is 0 Å². The second-order valence-electron chi connectivity index (χ2n) is 4.49. The van der Waals surface area contributed by atoms with Crippen molar-refractivity contribution in [2.45, 2.75) is 18.7 Å². The van der Waals surface area contributed by atoms with E-state index in [1.165, 1.54) is 6.07 Å². The molecule has 0 bridgehead atoms. The smallest absolute Gasteiger partial charge is 0.261 e. The highest BCUT2D eigenvalue weighted by Gasteiger charge is 2.14. The highest BCUT2D eigenvalue weighted by atomic mass is 32.2. The lowest BCUT2D eigenvalue weighted by Crippen LogP contribution is -2.13. The molecule has 4 nitrogen and oxygen atoms in total. The zero-order chi connectivity index (χ0) is 14.0. The lowest BCUT2D eigenvalue weighted by Gasteiger charge is -2.10. The van der Waals surface area contributed by atoms with Crippen molar-refractivity contribution in [3.63, 3.8) is 0 Å². The van der Waals surface area contributed by atoms with Crippen LogP contribution in [-0.4, -0.2) is 8.42 Å². The van der Waals surface area contributed by atoms with Crippen LogP contribution in [0.3, 0.4) is 0 Å². The minimum atomic E-state index is -3.57. The third-order valence-corrected chi connectivity index (χ3v) is 4.20. The first-order valence-corrected chi connectivity index (χ1v) is 7.32. The fourth-order valence-electron chi connectivity index (χ4n) is 1.74. The van der Waals surface area contributed by atoms with Gasteiger partial charge in [-0.25, -0.2) is 8.42 Å². The van der Waals surface area contributed by atoms with Crippen molar-refractivity contribution in [2.24, 2.45) is 0 Å². The Labute approximate surface area is 113 Å². The summed E-state index contributed by atoms with van der Waals surface area (Å²) < 4.78 is 27.0. The minimum Gasteiger partial charge on any atom is -0.399 e. The van der Waals surface area contributed by atoms with Crippen molar-refractivity contribution in [2.75, 3.05) is 10.5 Å². The zero-order valence-corrected chi connectivity index (χ0v) is 11.7. The fraction of sp³-hybridized carbons (Fsp3) is 0.143. The van der Waals surface area contributed by atoms with Crippen molar-refractivity contribution in [1.29, 1.82) is 0 Å². The molecule has 0 heterocycles. The summed E-state index contributed by atoms with van der Waals surface area (Å²) in [6.45, 7) is 3.69. The van der Waals surface area contributed by atoms with Crippen LogP contribution >= 0.6 is 0 Å². The molecule has 2 aromatic carbocycles. The zero-order valence-electron chi connectivity index (χ0n) is 10.8. The summed E-state index contributed by atoms with van der Waals surface area (Å²) in [6.07, 6.45) is 0. The van der Waals surface area contributed by atoms with Gasteiger partial charge in [0, 0.05) is 11.4 Å². The molecule has 5 heteroatoms. The standard InChI is InChI=1S/C14H16N2O2S/c1-10-4-3-5-12(8-10)16-19(17,18)13-6-7-14(15)11(2)9-13/h3-9,16H,15H2,1-2H3. The van der Waals surface area contributed by atoms with Crippen LogP contribution in [0.15, 0.2) is 47.4 Å². The molecule has 0 spiro atoms. The van der Waals surface area contributed by atoms with Gasteiger partial charge in [0.15, 0.2) is 0 Å². The normalized spacial score (nSPS) is 11.3. The van der Waals surface area contributed by atoms with E-state index in [4.69, 9.17) is 5.73 Å². The van der Waals surface area contributed by atoms with Crippen molar-refractivity contribution >= 4 is 21.4 Å². The molecule has 0 saturated heterocycles. The molecule has 0 unspecified atom stereocenters. The fourth-order valence-corrected chi connectivity index (χ4v) is 2.87. The summed E-state index contributed by atoms with van der Waals surface area (Å²) in [5, 5.41) is 0. The molecular weight excluding hydrogens is 260 g/mol. The molecule has 0 amide bonds. The molecule has 2 aromatic rings. The lowest BCUT2D eigenvalue weighted by atomic mass is 10.2. The first-order chi connectivity index (χ1) is 8.88. The highest BCUT2D eigenvalue weighted by molar-refractivity contribution is 7.92. The summed E-state index contributed by atoms with van der Waals surface area (Å²) in [5.41, 5.74) is 8.55. The van der Waals surface area contributed by atoms with Crippen LogP contribution in [0.25, 0.3) is 0 Å². The molecule has 100 valence electrons. The Morgan fingerprint density at radius 1 is 1.05 bits per heavy atom. The van der Waals surface area contributed by atoms with Crippen LogP contribution in [0, 0.1) is 13.8 Å². The maximum atomic E-state index is 12.2. The van der Waals surface area contributed by atoms with Gasteiger partial charge < -0.3 is 5.73 Å². The van der Waals surface area contributed by atoms with E-state index >= 15 is 0 Å². The van der Waals surface area contributed by atoms with Crippen molar-refractivity contribution in [1.82, 2.24) is 0 Å². The van der Waals surface area contributed by atoms with Crippen LogP contribution in [0.1, 0.15) is 11.1 Å². The largest absolute Gasteiger partial charge is 0.399 e. The molecule has 0 atom stereocenters. The van der Waals surface area contributed by atoms with E-state index in [1.54, 1.807) is 37.3 Å². The molecule has 0 radical (unpaired) electrons. The predicted molar refractivity (Wildman–Crippen MR) is 77.6 cm³/mol. The van der Waals surface area contributed by atoms with Gasteiger partial charge in [-0.1, -0.05) is 12.1 Å². The molecule has 0 fully saturated rings. The Hall–Kier alpha value is -2.01. The molecule has 3 N–H and O–H groups in total. The van der Waals surface area contributed by atoms with Gasteiger partial charge in [-0.05, 0) is 55.3 Å². The number of anilines is 2. The number of aryl methyl sites for hydroxylation is 2. The predicted octanol–water partition coefficient (Wildman–Crippen LogP) is 2.69. The summed E-state index contributed by atoms with van der Waals surface area (Å²) in [4.78, 5) is 0.209.